The van der Waals surface area contributed by atoms with E-state index >= 15 is 0 Å². The lowest BCUT2D eigenvalue weighted by atomic mass is 10.2. The van der Waals surface area contributed by atoms with Gasteiger partial charge in [-0.1, -0.05) is 15.9 Å². The largest absolute Gasteiger partial charge is 0.456 e. The van der Waals surface area contributed by atoms with Gasteiger partial charge in [-0.15, -0.1) is 0 Å². The van der Waals surface area contributed by atoms with Gasteiger partial charge >= 0.3 is 5.97 Å². The fourth-order valence-electron chi connectivity index (χ4n) is 2.28. The van der Waals surface area contributed by atoms with Gasteiger partial charge in [-0.25, -0.2) is 0 Å². The molecule has 1 saturated heterocycles. The van der Waals surface area contributed by atoms with Crippen LogP contribution < -0.4 is 10.6 Å². The van der Waals surface area contributed by atoms with E-state index < -0.39 is 5.97 Å². The van der Waals surface area contributed by atoms with Crippen LogP contribution in [0.4, 0.5) is 0 Å². The number of halogens is 1. The number of hydrogen-bond acceptors (Lipinski definition) is 5. The highest BCUT2D eigenvalue weighted by molar-refractivity contribution is 9.10. The topological polar surface area (TPSA) is 93.7 Å². The van der Waals surface area contributed by atoms with Crippen molar-refractivity contribution in [3.63, 3.8) is 0 Å². The number of nitrogens with one attached hydrogen (secondary N) is 2. The van der Waals surface area contributed by atoms with E-state index in [4.69, 9.17) is 9.47 Å². The number of amides is 2. The van der Waals surface area contributed by atoms with Crippen LogP contribution in [0.1, 0.15) is 29.6 Å². The Morgan fingerprint density at radius 2 is 1.96 bits per heavy atom. The molecule has 0 radical (unpaired) electrons. The van der Waals surface area contributed by atoms with Gasteiger partial charge in [-0.2, -0.15) is 0 Å². The molecule has 25 heavy (non-hydrogen) atoms. The number of hydrogen-bond donors (Lipinski definition) is 2. The highest BCUT2D eigenvalue weighted by atomic mass is 79.9. The van der Waals surface area contributed by atoms with Crippen LogP contribution in [0.15, 0.2) is 28.7 Å². The van der Waals surface area contributed by atoms with Crippen molar-refractivity contribution in [1.82, 2.24) is 10.6 Å². The van der Waals surface area contributed by atoms with E-state index in [1.165, 1.54) is 0 Å². The van der Waals surface area contributed by atoms with Crippen molar-refractivity contribution in [3.05, 3.63) is 34.3 Å². The lowest BCUT2D eigenvalue weighted by Crippen LogP contribution is -2.35. The fraction of sp³-hybridized carbons (Fsp3) is 0.471. The summed E-state index contributed by atoms with van der Waals surface area (Å²) in [5.41, 5.74) is 0.505. The highest BCUT2D eigenvalue weighted by Gasteiger charge is 2.16. The van der Waals surface area contributed by atoms with Gasteiger partial charge in [-0.3, -0.25) is 14.4 Å². The molecule has 2 N–H and O–H groups in total. The normalized spacial score (nSPS) is 16.3. The van der Waals surface area contributed by atoms with Crippen LogP contribution in [0.2, 0.25) is 0 Å². The first-order chi connectivity index (χ1) is 12.0. The Morgan fingerprint density at radius 1 is 1.20 bits per heavy atom. The Morgan fingerprint density at radius 3 is 2.64 bits per heavy atom. The summed E-state index contributed by atoms with van der Waals surface area (Å²) in [5, 5.41) is 5.29. The molecule has 2 rings (SSSR count). The van der Waals surface area contributed by atoms with Gasteiger partial charge in [-0.05, 0) is 37.1 Å². The minimum atomic E-state index is -0.539. The van der Waals surface area contributed by atoms with Gasteiger partial charge < -0.3 is 20.1 Å². The van der Waals surface area contributed by atoms with E-state index in [2.05, 4.69) is 26.6 Å². The van der Waals surface area contributed by atoms with Crippen LogP contribution in [-0.4, -0.2) is 50.2 Å². The molecule has 8 heteroatoms. The van der Waals surface area contributed by atoms with Crippen molar-refractivity contribution in [2.75, 3.05) is 26.3 Å². The van der Waals surface area contributed by atoms with Crippen LogP contribution in [-0.2, 0) is 19.1 Å². The molecule has 0 spiro atoms. The van der Waals surface area contributed by atoms with E-state index in [1.807, 2.05) is 0 Å². The second kappa shape index (κ2) is 10.1. The van der Waals surface area contributed by atoms with Crippen molar-refractivity contribution < 1.29 is 23.9 Å². The molecule has 1 aromatic carbocycles. The molecule has 0 aromatic heterocycles. The van der Waals surface area contributed by atoms with E-state index in [9.17, 15) is 14.4 Å². The molecule has 0 bridgehead atoms. The highest BCUT2D eigenvalue weighted by Crippen LogP contribution is 2.11. The Labute approximate surface area is 154 Å². The summed E-state index contributed by atoms with van der Waals surface area (Å²) in [6.45, 7) is 0.971. The maximum atomic E-state index is 11.9. The van der Waals surface area contributed by atoms with E-state index in [0.29, 0.717) is 12.1 Å². The molecule has 7 nitrogen and oxygen atoms in total. The Balaban J connectivity index is 1.56. The van der Waals surface area contributed by atoms with Crippen molar-refractivity contribution in [1.29, 1.82) is 0 Å². The predicted octanol–water partition coefficient (Wildman–Crippen LogP) is 1.41. The zero-order valence-corrected chi connectivity index (χ0v) is 15.3. The van der Waals surface area contributed by atoms with E-state index in [1.54, 1.807) is 24.3 Å². The Hall–Kier alpha value is -1.93. The molecular formula is C17H21BrN2O5. The summed E-state index contributed by atoms with van der Waals surface area (Å²) < 4.78 is 11.1. The summed E-state index contributed by atoms with van der Waals surface area (Å²) in [4.78, 5) is 35.0. The molecule has 1 fully saturated rings. The van der Waals surface area contributed by atoms with Crippen LogP contribution >= 0.6 is 15.9 Å². The summed E-state index contributed by atoms with van der Waals surface area (Å²) in [5.74, 6) is -1.17. The van der Waals surface area contributed by atoms with Gasteiger partial charge in [0.1, 0.15) is 0 Å². The number of carbonyl (C=O) groups excluding carboxylic acids is 3. The molecule has 0 saturated carbocycles. The first-order valence-corrected chi connectivity index (χ1v) is 8.91. The second-order valence-corrected chi connectivity index (χ2v) is 6.53. The third-order valence-electron chi connectivity index (χ3n) is 3.64. The van der Waals surface area contributed by atoms with Crippen LogP contribution in [0.3, 0.4) is 0 Å². The third kappa shape index (κ3) is 7.23. The lowest BCUT2D eigenvalue weighted by molar-refractivity contribution is -0.148. The maximum Gasteiger partial charge on any atom is 0.308 e. The fourth-order valence-corrected chi connectivity index (χ4v) is 2.55. The summed E-state index contributed by atoms with van der Waals surface area (Å²) >= 11 is 3.29. The molecular weight excluding hydrogens is 392 g/mol. The second-order valence-electron chi connectivity index (χ2n) is 5.61. The van der Waals surface area contributed by atoms with Gasteiger partial charge in [0.2, 0.25) is 0 Å². The van der Waals surface area contributed by atoms with Gasteiger partial charge in [0.15, 0.2) is 6.61 Å². The summed E-state index contributed by atoms with van der Waals surface area (Å²) in [6, 6.07) is 6.88. The standard InChI is InChI=1S/C17H21BrN2O5/c18-13-5-3-12(4-6-13)17(23)19-8-7-16(22)25-11-15(21)20-10-14-2-1-9-24-14/h3-6,14H,1-2,7-11H2,(H,19,23)(H,20,21)/t14-/m1/s1. The summed E-state index contributed by atoms with van der Waals surface area (Å²) in [6.07, 6.45) is 1.98. The first kappa shape index (κ1) is 19.4. The van der Waals surface area contributed by atoms with Crippen LogP contribution in [0.25, 0.3) is 0 Å². The maximum absolute atomic E-state index is 11.9. The molecule has 1 aliphatic rings. The molecule has 136 valence electrons. The predicted molar refractivity (Wildman–Crippen MR) is 94.0 cm³/mol. The molecule has 2 amide bonds. The average molecular weight is 413 g/mol. The van der Waals surface area contributed by atoms with Crippen LogP contribution in [0, 0.1) is 0 Å². The van der Waals surface area contributed by atoms with Gasteiger partial charge in [0.05, 0.1) is 12.5 Å². The molecule has 1 aliphatic heterocycles. The number of ether oxygens (including phenoxy) is 2. The zero-order valence-electron chi connectivity index (χ0n) is 13.8. The van der Waals surface area contributed by atoms with Crippen molar-refractivity contribution in [2.24, 2.45) is 0 Å². The first-order valence-electron chi connectivity index (χ1n) is 8.12. The smallest absolute Gasteiger partial charge is 0.308 e. The quantitative estimate of drug-likeness (QED) is 0.629. The van der Waals surface area contributed by atoms with Crippen molar-refractivity contribution >= 4 is 33.7 Å². The lowest BCUT2D eigenvalue weighted by Gasteiger charge is -2.11. The molecule has 1 aromatic rings. The van der Waals surface area contributed by atoms with E-state index in [-0.39, 0.29) is 37.5 Å². The molecule has 0 unspecified atom stereocenters. The Kier molecular flexibility index (Phi) is 7.87. The van der Waals surface area contributed by atoms with Gasteiger partial charge in [0.25, 0.3) is 11.8 Å². The number of esters is 1. The average Bonchev–Trinajstić information content (AvgIpc) is 3.12. The Bertz CT molecular complexity index is 600. The number of rotatable bonds is 8. The van der Waals surface area contributed by atoms with Gasteiger partial charge in [0, 0.05) is 29.7 Å². The van der Waals surface area contributed by atoms with Crippen molar-refractivity contribution in [2.45, 2.75) is 25.4 Å². The SMILES string of the molecule is O=C(COC(=O)CCNC(=O)c1ccc(Br)cc1)NC[C@H]1CCCO1. The summed E-state index contributed by atoms with van der Waals surface area (Å²) in [7, 11) is 0. The number of benzene rings is 1. The van der Waals surface area contributed by atoms with Crippen molar-refractivity contribution in [3.8, 4) is 0 Å². The number of carbonyl (C=O) groups is 3. The van der Waals surface area contributed by atoms with E-state index in [0.717, 1.165) is 23.9 Å². The molecule has 1 atom stereocenters. The molecule has 1 heterocycles. The minimum absolute atomic E-state index is 0.00127. The zero-order chi connectivity index (χ0) is 18.1. The van der Waals surface area contributed by atoms with Crippen LogP contribution in [0.5, 0.6) is 0 Å². The third-order valence-corrected chi connectivity index (χ3v) is 4.16. The molecule has 0 aliphatic carbocycles. The monoisotopic (exact) mass is 412 g/mol. The minimum Gasteiger partial charge on any atom is -0.456 e.